The fraction of sp³-hybridized carbons (Fsp3) is 0.381. The van der Waals surface area contributed by atoms with E-state index in [1.165, 1.54) is 6.33 Å². The fourth-order valence-corrected chi connectivity index (χ4v) is 3.49. The highest BCUT2D eigenvalue weighted by Gasteiger charge is 2.35. The number of hydrogen-bond acceptors (Lipinski definition) is 7. The standard InChI is InChI=1S/C21H24IN5O4/c1-20(2,3)30-18(28)27(19(29)31-21(4,5)6)17-15-14(22)11-26(16(15)24-12-25-17)13-8-7-9-23-10-13/h7-12H,1-6H3. The Morgan fingerprint density at radius 2 is 1.65 bits per heavy atom. The molecule has 3 aromatic rings. The lowest BCUT2D eigenvalue weighted by molar-refractivity contribution is 0.0429. The van der Waals surface area contributed by atoms with Crippen molar-refractivity contribution in [1.82, 2.24) is 19.5 Å². The van der Waals surface area contributed by atoms with Gasteiger partial charge in [0.1, 0.15) is 17.5 Å². The molecule has 0 saturated heterocycles. The second kappa shape index (κ2) is 8.40. The molecule has 0 N–H and O–H groups in total. The molecule has 0 aliphatic heterocycles. The predicted molar refractivity (Wildman–Crippen MR) is 124 cm³/mol. The zero-order chi connectivity index (χ0) is 23.0. The molecule has 3 heterocycles. The van der Waals surface area contributed by atoms with E-state index < -0.39 is 23.4 Å². The molecule has 9 nitrogen and oxygen atoms in total. The number of fused-ring (bicyclic) bond motifs is 1. The zero-order valence-electron chi connectivity index (χ0n) is 18.2. The number of ether oxygens (including phenoxy) is 2. The van der Waals surface area contributed by atoms with Gasteiger partial charge in [0.15, 0.2) is 11.5 Å². The Hall–Kier alpha value is -2.76. The maximum absolute atomic E-state index is 13.0. The number of amides is 2. The Morgan fingerprint density at radius 3 is 2.16 bits per heavy atom. The summed E-state index contributed by atoms with van der Waals surface area (Å²) >= 11 is 2.12. The van der Waals surface area contributed by atoms with Gasteiger partial charge in [0.05, 0.1) is 17.3 Å². The van der Waals surface area contributed by atoms with Crippen LogP contribution in [-0.2, 0) is 9.47 Å². The van der Waals surface area contributed by atoms with Gasteiger partial charge in [0.25, 0.3) is 0 Å². The van der Waals surface area contributed by atoms with Crippen LogP contribution in [0.25, 0.3) is 16.7 Å². The average molecular weight is 537 g/mol. The van der Waals surface area contributed by atoms with Crippen molar-refractivity contribution in [3.05, 3.63) is 40.6 Å². The van der Waals surface area contributed by atoms with Crippen molar-refractivity contribution in [2.75, 3.05) is 4.90 Å². The molecule has 31 heavy (non-hydrogen) atoms. The van der Waals surface area contributed by atoms with E-state index in [2.05, 4.69) is 37.5 Å². The molecule has 10 heteroatoms. The molecule has 0 spiro atoms. The number of anilines is 1. The maximum atomic E-state index is 13.0. The third-order valence-electron chi connectivity index (χ3n) is 3.80. The van der Waals surface area contributed by atoms with Crippen molar-refractivity contribution in [2.24, 2.45) is 0 Å². The van der Waals surface area contributed by atoms with Gasteiger partial charge >= 0.3 is 12.2 Å². The number of hydrogen-bond donors (Lipinski definition) is 0. The predicted octanol–water partition coefficient (Wildman–Crippen LogP) is 5.10. The number of aromatic nitrogens is 4. The van der Waals surface area contributed by atoms with Crippen LogP contribution in [0.3, 0.4) is 0 Å². The van der Waals surface area contributed by atoms with Crippen molar-refractivity contribution in [2.45, 2.75) is 52.7 Å². The molecule has 0 aromatic carbocycles. The first-order valence-corrected chi connectivity index (χ1v) is 10.6. The van der Waals surface area contributed by atoms with Gasteiger partial charge in [0.2, 0.25) is 0 Å². The molecule has 164 valence electrons. The normalized spacial score (nSPS) is 12.0. The van der Waals surface area contributed by atoms with E-state index in [0.29, 0.717) is 11.0 Å². The summed E-state index contributed by atoms with van der Waals surface area (Å²) in [6, 6.07) is 3.69. The molecule has 0 saturated carbocycles. The molecular weight excluding hydrogens is 513 g/mol. The quantitative estimate of drug-likeness (QED) is 0.420. The molecule has 0 radical (unpaired) electrons. The lowest BCUT2D eigenvalue weighted by Gasteiger charge is -2.28. The van der Waals surface area contributed by atoms with E-state index in [-0.39, 0.29) is 5.82 Å². The van der Waals surface area contributed by atoms with Gasteiger partial charge in [0, 0.05) is 16.0 Å². The van der Waals surface area contributed by atoms with E-state index in [1.807, 2.05) is 22.9 Å². The maximum Gasteiger partial charge on any atom is 0.425 e. The van der Waals surface area contributed by atoms with Gasteiger partial charge in [-0.25, -0.2) is 19.6 Å². The number of carbonyl (C=O) groups is 2. The van der Waals surface area contributed by atoms with Gasteiger partial charge < -0.3 is 9.47 Å². The van der Waals surface area contributed by atoms with Gasteiger partial charge in [-0.2, -0.15) is 4.90 Å². The van der Waals surface area contributed by atoms with E-state index >= 15 is 0 Å². The van der Waals surface area contributed by atoms with E-state index in [0.717, 1.165) is 14.2 Å². The van der Waals surface area contributed by atoms with Crippen LogP contribution in [0.1, 0.15) is 41.5 Å². The molecule has 0 fully saturated rings. The van der Waals surface area contributed by atoms with Gasteiger partial charge in [-0.15, -0.1) is 0 Å². The molecule has 3 rings (SSSR count). The lowest BCUT2D eigenvalue weighted by Crippen LogP contribution is -2.44. The summed E-state index contributed by atoms with van der Waals surface area (Å²) in [6.45, 7) is 10.3. The molecule has 2 amide bonds. The Bertz CT molecular complexity index is 1090. The molecular formula is C21H24IN5O4. The molecule has 0 unspecified atom stereocenters. The minimum absolute atomic E-state index is 0.0838. The van der Waals surface area contributed by atoms with Gasteiger partial charge in [-0.1, -0.05) is 0 Å². The first-order valence-electron chi connectivity index (χ1n) is 9.55. The summed E-state index contributed by atoms with van der Waals surface area (Å²) < 4.78 is 13.5. The number of rotatable bonds is 2. The summed E-state index contributed by atoms with van der Waals surface area (Å²) in [6.07, 6.45) is 4.73. The van der Waals surface area contributed by atoms with Gasteiger partial charge in [-0.05, 0) is 76.3 Å². The monoisotopic (exact) mass is 537 g/mol. The second-order valence-corrected chi connectivity index (χ2v) is 9.91. The largest absolute Gasteiger partial charge is 0.443 e. The van der Waals surface area contributed by atoms with Crippen LogP contribution in [0, 0.1) is 3.57 Å². The van der Waals surface area contributed by atoms with Gasteiger partial charge in [-0.3, -0.25) is 9.55 Å². The highest BCUT2D eigenvalue weighted by molar-refractivity contribution is 14.1. The van der Waals surface area contributed by atoms with Crippen molar-refractivity contribution in [1.29, 1.82) is 0 Å². The minimum Gasteiger partial charge on any atom is -0.443 e. The molecule has 0 atom stereocenters. The topological polar surface area (TPSA) is 99.4 Å². The second-order valence-electron chi connectivity index (χ2n) is 8.75. The van der Waals surface area contributed by atoms with E-state index in [9.17, 15) is 9.59 Å². The first kappa shape index (κ1) is 22.9. The smallest absolute Gasteiger partial charge is 0.425 e. The average Bonchev–Trinajstić information content (AvgIpc) is 2.97. The fourth-order valence-electron chi connectivity index (χ4n) is 2.73. The van der Waals surface area contributed by atoms with Crippen molar-refractivity contribution >= 4 is 51.6 Å². The van der Waals surface area contributed by atoms with E-state index in [1.54, 1.807) is 53.9 Å². The molecule has 3 aromatic heterocycles. The summed E-state index contributed by atoms with van der Waals surface area (Å²) in [5, 5.41) is 0.517. The Kier molecular flexibility index (Phi) is 6.21. The molecule has 0 aliphatic carbocycles. The van der Waals surface area contributed by atoms with Crippen LogP contribution in [0.5, 0.6) is 0 Å². The Labute approximate surface area is 193 Å². The van der Waals surface area contributed by atoms with E-state index in [4.69, 9.17) is 9.47 Å². The number of pyridine rings is 1. The van der Waals surface area contributed by atoms with Crippen molar-refractivity contribution < 1.29 is 19.1 Å². The minimum atomic E-state index is -0.883. The van der Waals surface area contributed by atoms with Crippen LogP contribution in [-0.4, -0.2) is 42.9 Å². The lowest BCUT2D eigenvalue weighted by atomic mass is 10.2. The van der Waals surface area contributed by atoms with Crippen LogP contribution in [0.15, 0.2) is 37.1 Å². The van der Waals surface area contributed by atoms with Crippen LogP contribution >= 0.6 is 22.6 Å². The Balaban J connectivity index is 2.19. The SMILES string of the molecule is CC(C)(C)OC(=O)N(C(=O)OC(C)(C)C)c1ncnc2c1c(I)cn2-c1cccnc1. The van der Waals surface area contributed by atoms with Crippen LogP contribution < -0.4 is 4.90 Å². The number of halogens is 1. The first-order chi connectivity index (χ1) is 14.4. The third kappa shape index (κ3) is 5.30. The molecule has 0 bridgehead atoms. The molecule has 0 aliphatic rings. The van der Waals surface area contributed by atoms with Crippen LogP contribution in [0.4, 0.5) is 15.4 Å². The highest BCUT2D eigenvalue weighted by Crippen LogP contribution is 2.32. The summed E-state index contributed by atoms with van der Waals surface area (Å²) in [4.78, 5) is 39.7. The summed E-state index contributed by atoms with van der Waals surface area (Å²) in [7, 11) is 0. The summed E-state index contributed by atoms with van der Waals surface area (Å²) in [5.41, 5.74) is -0.350. The highest BCUT2D eigenvalue weighted by atomic mass is 127. The van der Waals surface area contributed by atoms with Crippen LogP contribution in [0.2, 0.25) is 0 Å². The third-order valence-corrected chi connectivity index (χ3v) is 4.62. The zero-order valence-corrected chi connectivity index (χ0v) is 20.4. The Morgan fingerprint density at radius 1 is 1.03 bits per heavy atom. The van der Waals surface area contributed by atoms with Crippen molar-refractivity contribution in [3.63, 3.8) is 0 Å². The number of nitrogens with zero attached hydrogens (tertiary/aromatic N) is 5. The van der Waals surface area contributed by atoms with Crippen molar-refractivity contribution in [3.8, 4) is 5.69 Å². The number of imide groups is 1. The summed E-state index contributed by atoms with van der Waals surface area (Å²) in [5.74, 6) is 0.0838. The number of carbonyl (C=O) groups excluding carboxylic acids is 2.